The lowest BCUT2D eigenvalue weighted by atomic mass is 9.88. The molecule has 0 aliphatic carbocycles. The number of phenolic OH excluding ortho intramolecular Hbond substituents is 2. The van der Waals surface area contributed by atoms with Crippen molar-refractivity contribution in [2.24, 2.45) is 0 Å². The van der Waals surface area contributed by atoms with Crippen LogP contribution in [-0.2, 0) is 9.59 Å². The SMILES string of the molecule is CC/C(=C(/c1ccc(O)cc1)c1ccc(/C=C/C(=O)NCCCCNC(=O)/C=C/c2ccc(/C(=C(\CC)c3ccccc3)c3ccc(O)cc3)cc2)cc1)c1ccccc1. The second kappa shape index (κ2) is 21.5. The highest BCUT2D eigenvalue weighted by molar-refractivity contribution is 6.00. The van der Waals surface area contributed by atoms with Gasteiger partial charge in [-0.2, -0.15) is 0 Å². The van der Waals surface area contributed by atoms with Crippen LogP contribution < -0.4 is 10.6 Å². The van der Waals surface area contributed by atoms with E-state index in [1.165, 1.54) is 11.1 Å². The van der Waals surface area contributed by atoms with Crippen LogP contribution in [0.1, 0.15) is 84.0 Å². The maximum atomic E-state index is 12.6. The van der Waals surface area contributed by atoms with Gasteiger partial charge in [0, 0.05) is 25.2 Å². The molecule has 0 unspecified atom stereocenters. The standard InChI is InChI=1S/C54H52N2O4/c1-3-49(41-13-7-5-8-14-41)53(45-27-31-47(57)32-28-45)43-23-17-39(18-24-43)21-35-51(59)55-37-11-12-38-56-52(60)36-22-40-19-25-44(26-20-40)54(46-29-33-48(58)34-30-46)50(4-2)42-15-9-6-10-16-42/h5-10,13-36,57-58H,3-4,11-12,37-38H2,1-2H3,(H,55,59)(H,56,60)/b35-21+,36-22+,53-49-,54-50-. The molecule has 4 N–H and O–H groups in total. The summed E-state index contributed by atoms with van der Waals surface area (Å²) in [4.78, 5) is 25.2. The van der Waals surface area contributed by atoms with Gasteiger partial charge in [0.15, 0.2) is 0 Å². The number of amides is 2. The summed E-state index contributed by atoms with van der Waals surface area (Å²) in [6.45, 7) is 5.31. The topological polar surface area (TPSA) is 98.7 Å². The third-order valence-corrected chi connectivity index (χ3v) is 10.3. The van der Waals surface area contributed by atoms with E-state index in [4.69, 9.17) is 0 Å². The summed E-state index contributed by atoms with van der Waals surface area (Å²) < 4.78 is 0. The molecule has 0 radical (unpaired) electrons. The van der Waals surface area contributed by atoms with Crippen LogP contribution in [0.4, 0.5) is 0 Å². The lowest BCUT2D eigenvalue weighted by Crippen LogP contribution is -2.25. The Morgan fingerprint density at radius 2 is 0.750 bits per heavy atom. The van der Waals surface area contributed by atoms with Crippen LogP contribution in [0.3, 0.4) is 0 Å². The highest BCUT2D eigenvalue weighted by Gasteiger charge is 2.15. The fraction of sp³-hybridized carbons (Fsp3) is 0.148. The molecular formula is C54H52N2O4. The number of hydrogen-bond donors (Lipinski definition) is 4. The zero-order valence-electron chi connectivity index (χ0n) is 34.3. The normalized spacial score (nSPS) is 12.2. The van der Waals surface area contributed by atoms with E-state index in [1.54, 1.807) is 48.6 Å². The Bertz CT molecular complexity index is 2270. The monoisotopic (exact) mass is 792 g/mol. The predicted molar refractivity (Wildman–Crippen MR) is 248 cm³/mol. The number of phenols is 2. The van der Waals surface area contributed by atoms with Crippen LogP contribution >= 0.6 is 0 Å². The molecule has 0 saturated carbocycles. The Kier molecular flexibility index (Phi) is 15.2. The van der Waals surface area contributed by atoms with E-state index in [2.05, 4.69) is 73.0 Å². The van der Waals surface area contributed by atoms with Crippen molar-refractivity contribution < 1.29 is 19.8 Å². The summed E-state index contributed by atoms with van der Waals surface area (Å²) in [5.41, 5.74) is 12.9. The van der Waals surface area contributed by atoms with E-state index in [0.29, 0.717) is 13.1 Å². The molecule has 0 aliphatic rings. The minimum Gasteiger partial charge on any atom is -0.508 e. The quantitative estimate of drug-likeness (QED) is 0.0420. The van der Waals surface area contributed by atoms with Gasteiger partial charge in [-0.1, -0.05) is 147 Å². The first-order chi connectivity index (χ1) is 29.3. The Hall–Kier alpha value is -7.18. The van der Waals surface area contributed by atoms with Crippen LogP contribution in [-0.4, -0.2) is 35.1 Å². The first-order valence-electron chi connectivity index (χ1n) is 20.6. The van der Waals surface area contributed by atoms with Gasteiger partial charge < -0.3 is 20.8 Å². The molecule has 0 spiro atoms. The minimum absolute atomic E-state index is 0.171. The molecule has 0 fully saturated rings. The molecule has 6 heteroatoms. The van der Waals surface area contributed by atoms with E-state index in [1.807, 2.05) is 84.9 Å². The number of aromatic hydroxyl groups is 2. The van der Waals surface area contributed by atoms with Crippen LogP contribution in [0.25, 0.3) is 34.4 Å². The van der Waals surface area contributed by atoms with Crippen molar-refractivity contribution in [1.82, 2.24) is 10.6 Å². The molecule has 6 rings (SSSR count). The lowest BCUT2D eigenvalue weighted by Gasteiger charge is -2.16. The van der Waals surface area contributed by atoms with Gasteiger partial charge in [0.2, 0.25) is 11.8 Å². The van der Waals surface area contributed by atoms with Gasteiger partial charge in [0.25, 0.3) is 0 Å². The van der Waals surface area contributed by atoms with Crippen molar-refractivity contribution >= 4 is 46.3 Å². The van der Waals surface area contributed by atoms with Crippen molar-refractivity contribution in [3.63, 3.8) is 0 Å². The van der Waals surface area contributed by atoms with Crippen LogP contribution in [0, 0.1) is 0 Å². The maximum Gasteiger partial charge on any atom is 0.243 e. The second-order valence-electron chi connectivity index (χ2n) is 14.4. The van der Waals surface area contributed by atoms with Crippen molar-refractivity contribution in [3.8, 4) is 11.5 Å². The highest BCUT2D eigenvalue weighted by Crippen LogP contribution is 2.36. The molecule has 0 saturated heterocycles. The molecule has 0 aromatic heterocycles. The van der Waals surface area contributed by atoms with Crippen molar-refractivity contribution in [3.05, 3.63) is 214 Å². The molecule has 2 amide bonds. The molecular weight excluding hydrogens is 741 g/mol. The molecule has 0 bridgehead atoms. The van der Waals surface area contributed by atoms with Gasteiger partial charge in [-0.05, 0) is 129 Å². The molecule has 6 nitrogen and oxygen atoms in total. The summed E-state index contributed by atoms with van der Waals surface area (Å²) >= 11 is 0. The third kappa shape index (κ3) is 11.7. The molecule has 0 atom stereocenters. The van der Waals surface area contributed by atoms with Crippen molar-refractivity contribution in [2.45, 2.75) is 39.5 Å². The number of unbranched alkanes of at least 4 members (excludes halogenated alkanes) is 1. The number of hydrogen-bond acceptors (Lipinski definition) is 4. The lowest BCUT2D eigenvalue weighted by molar-refractivity contribution is -0.117. The number of carbonyl (C=O) groups excluding carboxylic acids is 2. The van der Waals surface area contributed by atoms with Gasteiger partial charge in [-0.25, -0.2) is 0 Å². The number of carbonyl (C=O) groups is 2. The van der Waals surface area contributed by atoms with E-state index in [-0.39, 0.29) is 23.3 Å². The zero-order chi connectivity index (χ0) is 42.1. The second-order valence-corrected chi connectivity index (χ2v) is 14.4. The summed E-state index contributed by atoms with van der Waals surface area (Å²) in [6.07, 6.45) is 9.83. The fourth-order valence-corrected chi connectivity index (χ4v) is 7.27. The number of rotatable bonds is 17. The Balaban J connectivity index is 0.970. The van der Waals surface area contributed by atoms with Gasteiger partial charge >= 0.3 is 0 Å². The molecule has 60 heavy (non-hydrogen) atoms. The van der Waals surface area contributed by atoms with Gasteiger partial charge in [-0.3, -0.25) is 9.59 Å². The molecule has 6 aromatic rings. The van der Waals surface area contributed by atoms with E-state index in [0.717, 1.165) is 81.3 Å². The van der Waals surface area contributed by atoms with Crippen molar-refractivity contribution in [2.75, 3.05) is 13.1 Å². The Morgan fingerprint density at radius 1 is 0.433 bits per heavy atom. The molecule has 302 valence electrons. The summed E-state index contributed by atoms with van der Waals surface area (Å²) in [5, 5.41) is 25.7. The Labute approximate surface area is 354 Å². The average Bonchev–Trinajstić information content (AvgIpc) is 3.29. The van der Waals surface area contributed by atoms with Crippen LogP contribution in [0.2, 0.25) is 0 Å². The van der Waals surface area contributed by atoms with Crippen molar-refractivity contribution in [1.29, 1.82) is 0 Å². The summed E-state index contributed by atoms with van der Waals surface area (Å²) in [5.74, 6) is 0.113. The average molecular weight is 793 g/mol. The van der Waals surface area contributed by atoms with Gasteiger partial charge in [0.05, 0.1) is 0 Å². The van der Waals surface area contributed by atoms with E-state index >= 15 is 0 Å². The first kappa shape index (κ1) is 42.4. The summed E-state index contributed by atoms with van der Waals surface area (Å²) in [7, 11) is 0. The number of allylic oxidation sites excluding steroid dienone is 2. The predicted octanol–water partition coefficient (Wildman–Crippen LogP) is 11.6. The smallest absolute Gasteiger partial charge is 0.243 e. The maximum absolute atomic E-state index is 12.6. The fourth-order valence-electron chi connectivity index (χ4n) is 7.27. The van der Waals surface area contributed by atoms with Crippen LogP contribution in [0.5, 0.6) is 11.5 Å². The first-order valence-corrected chi connectivity index (χ1v) is 20.6. The number of nitrogens with one attached hydrogen (secondary N) is 2. The molecule has 0 aliphatic heterocycles. The minimum atomic E-state index is -0.171. The van der Waals surface area contributed by atoms with E-state index in [9.17, 15) is 19.8 Å². The van der Waals surface area contributed by atoms with Gasteiger partial charge in [0.1, 0.15) is 11.5 Å². The molecule has 6 aromatic carbocycles. The highest BCUT2D eigenvalue weighted by atomic mass is 16.3. The number of benzene rings is 6. The zero-order valence-corrected chi connectivity index (χ0v) is 34.3. The van der Waals surface area contributed by atoms with E-state index < -0.39 is 0 Å². The molecule has 0 heterocycles. The van der Waals surface area contributed by atoms with Crippen LogP contribution in [0.15, 0.2) is 170 Å². The summed E-state index contributed by atoms with van der Waals surface area (Å²) in [6, 6.07) is 51.6. The third-order valence-electron chi connectivity index (χ3n) is 10.3. The van der Waals surface area contributed by atoms with Gasteiger partial charge in [-0.15, -0.1) is 0 Å². The largest absolute Gasteiger partial charge is 0.508 e. The Morgan fingerprint density at radius 3 is 1.07 bits per heavy atom.